The topological polar surface area (TPSA) is 28.9 Å². The highest BCUT2D eigenvalue weighted by Crippen LogP contribution is 2.15. The third-order valence-electron chi connectivity index (χ3n) is 4.51. The molecule has 25 heavy (non-hydrogen) atoms. The van der Waals surface area contributed by atoms with Gasteiger partial charge in [0.15, 0.2) is 17.6 Å². The minimum absolute atomic E-state index is 0.505. The SMILES string of the molecule is Cc1ccccc1C[n+]1c(COc2ccccc2)[nH]c2ccccc21. The van der Waals surface area contributed by atoms with Crippen molar-refractivity contribution >= 4 is 11.0 Å². The number of para-hydroxylation sites is 3. The first-order valence-corrected chi connectivity index (χ1v) is 8.53. The summed E-state index contributed by atoms with van der Waals surface area (Å²) in [5.74, 6) is 1.94. The first-order chi connectivity index (χ1) is 12.3. The van der Waals surface area contributed by atoms with Gasteiger partial charge in [-0.2, -0.15) is 0 Å². The van der Waals surface area contributed by atoms with E-state index in [9.17, 15) is 0 Å². The minimum Gasteiger partial charge on any atom is -0.481 e. The van der Waals surface area contributed by atoms with Crippen LogP contribution in [0.15, 0.2) is 78.9 Å². The lowest BCUT2D eigenvalue weighted by atomic mass is 10.1. The number of H-pyrrole nitrogens is 1. The predicted molar refractivity (Wildman–Crippen MR) is 99.5 cm³/mol. The number of ether oxygens (including phenoxy) is 1. The zero-order valence-corrected chi connectivity index (χ0v) is 14.3. The molecular weight excluding hydrogens is 308 g/mol. The van der Waals surface area contributed by atoms with Crippen LogP contribution in [0.5, 0.6) is 5.75 Å². The van der Waals surface area contributed by atoms with E-state index in [0.29, 0.717) is 6.61 Å². The van der Waals surface area contributed by atoms with Gasteiger partial charge in [0.1, 0.15) is 12.3 Å². The van der Waals surface area contributed by atoms with Gasteiger partial charge in [-0.15, -0.1) is 0 Å². The molecule has 3 aromatic carbocycles. The van der Waals surface area contributed by atoms with E-state index >= 15 is 0 Å². The highest BCUT2D eigenvalue weighted by atomic mass is 16.5. The third-order valence-corrected chi connectivity index (χ3v) is 4.51. The molecule has 0 aliphatic carbocycles. The lowest BCUT2D eigenvalue weighted by Crippen LogP contribution is -2.38. The predicted octanol–water partition coefficient (Wildman–Crippen LogP) is 4.39. The Morgan fingerprint density at radius 3 is 2.40 bits per heavy atom. The monoisotopic (exact) mass is 329 g/mol. The third kappa shape index (κ3) is 3.26. The van der Waals surface area contributed by atoms with Gasteiger partial charge in [-0.1, -0.05) is 54.6 Å². The molecule has 0 atom stereocenters. The van der Waals surface area contributed by atoms with Gasteiger partial charge in [0.2, 0.25) is 0 Å². The lowest BCUT2D eigenvalue weighted by molar-refractivity contribution is -0.671. The average Bonchev–Trinajstić information content (AvgIpc) is 3.00. The van der Waals surface area contributed by atoms with Gasteiger partial charge >= 0.3 is 0 Å². The number of aromatic nitrogens is 2. The van der Waals surface area contributed by atoms with E-state index in [4.69, 9.17) is 4.74 Å². The average molecular weight is 329 g/mol. The zero-order chi connectivity index (χ0) is 17.1. The van der Waals surface area contributed by atoms with Crippen molar-refractivity contribution in [3.63, 3.8) is 0 Å². The fraction of sp³-hybridized carbons (Fsp3) is 0.136. The molecule has 1 aromatic heterocycles. The quantitative estimate of drug-likeness (QED) is 0.541. The molecule has 0 saturated carbocycles. The van der Waals surface area contributed by atoms with Crippen LogP contribution < -0.4 is 9.30 Å². The second-order valence-electron chi connectivity index (χ2n) is 6.20. The van der Waals surface area contributed by atoms with E-state index in [1.54, 1.807) is 0 Å². The Balaban J connectivity index is 1.69. The molecule has 0 radical (unpaired) electrons. The number of benzene rings is 3. The molecule has 0 bridgehead atoms. The van der Waals surface area contributed by atoms with Crippen molar-refractivity contribution in [2.24, 2.45) is 0 Å². The van der Waals surface area contributed by atoms with E-state index in [-0.39, 0.29) is 0 Å². The summed E-state index contributed by atoms with van der Waals surface area (Å²) in [6, 6.07) is 26.8. The van der Waals surface area contributed by atoms with Crippen LogP contribution in [0.25, 0.3) is 11.0 Å². The Kier molecular flexibility index (Phi) is 4.21. The number of imidazole rings is 1. The number of hydrogen-bond donors (Lipinski definition) is 1. The van der Waals surface area contributed by atoms with E-state index in [0.717, 1.165) is 23.6 Å². The molecule has 0 spiro atoms. The summed E-state index contributed by atoms with van der Waals surface area (Å²) < 4.78 is 8.28. The molecule has 0 fully saturated rings. The maximum atomic E-state index is 5.98. The summed E-state index contributed by atoms with van der Waals surface area (Å²) >= 11 is 0. The summed E-state index contributed by atoms with van der Waals surface area (Å²) in [6.45, 7) is 3.49. The molecule has 4 rings (SSSR count). The van der Waals surface area contributed by atoms with Crippen LogP contribution in [0.2, 0.25) is 0 Å². The molecule has 0 amide bonds. The molecule has 0 aliphatic rings. The molecule has 4 aromatic rings. The highest BCUT2D eigenvalue weighted by Gasteiger charge is 2.19. The van der Waals surface area contributed by atoms with Crippen LogP contribution >= 0.6 is 0 Å². The van der Waals surface area contributed by atoms with Crippen molar-refractivity contribution in [1.82, 2.24) is 4.98 Å². The zero-order valence-electron chi connectivity index (χ0n) is 14.3. The van der Waals surface area contributed by atoms with Gasteiger partial charge in [-0.3, -0.25) is 0 Å². The molecule has 1 heterocycles. The van der Waals surface area contributed by atoms with Crippen LogP contribution in [-0.4, -0.2) is 4.98 Å². The maximum absolute atomic E-state index is 5.98. The fourth-order valence-electron chi connectivity index (χ4n) is 3.10. The molecule has 0 unspecified atom stereocenters. The van der Waals surface area contributed by atoms with Gasteiger partial charge in [-0.25, -0.2) is 9.55 Å². The van der Waals surface area contributed by atoms with Crippen LogP contribution in [0.4, 0.5) is 0 Å². The van der Waals surface area contributed by atoms with Crippen LogP contribution in [0.3, 0.4) is 0 Å². The molecule has 0 saturated heterocycles. The van der Waals surface area contributed by atoms with Crippen molar-refractivity contribution in [3.05, 3.63) is 95.8 Å². The van der Waals surface area contributed by atoms with Gasteiger partial charge < -0.3 is 4.74 Å². The van der Waals surface area contributed by atoms with E-state index in [2.05, 4.69) is 65.0 Å². The van der Waals surface area contributed by atoms with Gasteiger partial charge in [0.05, 0.1) is 0 Å². The lowest BCUT2D eigenvalue weighted by Gasteiger charge is -2.07. The number of nitrogens with zero attached hydrogens (tertiary/aromatic N) is 1. The van der Waals surface area contributed by atoms with E-state index in [1.165, 1.54) is 16.6 Å². The first kappa shape index (κ1) is 15.5. The Morgan fingerprint density at radius 2 is 1.56 bits per heavy atom. The minimum atomic E-state index is 0.505. The number of rotatable bonds is 5. The first-order valence-electron chi connectivity index (χ1n) is 8.53. The second-order valence-corrected chi connectivity index (χ2v) is 6.20. The molecular formula is C22H21N2O+. The Bertz CT molecular complexity index is 989. The molecule has 1 N–H and O–H groups in total. The number of hydrogen-bond acceptors (Lipinski definition) is 1. The number of aryl methyl sites for hydroxylation is 1. The Labute approximate surface area is 147 Å². The number of fused-ring (bicyclic) bond motifs is 1. The number of nitrogens with one attached hydrogen (secondary N) is 1. The second kappa shape index (κ2) is 6.81. The molecule has 124 valence electrons. The van der Waals surface area contributed by atoms with E-state index < -0.39 is 0 Å². The van der Waals surface area contributed by atoms with Crippen molar-refractivity contribution in [1.29, 1.82) is 0 Å². The maximum Gasteiger partial charge on any atom is 0.294 e. The normalized spacial score (nSPS) is 10.9. The van der Waals surface area contributed by atoms with Crippen molar-refractivity contribution in [2.45, 2.75) is 20.1 Å². The fourth-order valence-corrected chi connectivity index (χ4v) is 3.10. The molecule has 3 heteroatoms. The summed E-state index contributed by atoms with van der Waals surface area (Å²) in [4.78, 5) is 3.51. The summed E-state index contributed by atoms with van der Waals surface area (Å²) in [5.41, 5.74) is 4.94. The van der Waals surface area contributed by atoms with Crippen LogP contribution in [-0.2, 0) is 13.2 Å². The van der Waals surface area contributed by atoms with Gasteiger partial charge in [0, 0.05) is 0 Å². The molecule has 3 nitrogen and oxygen atoms in total. The van der Waals surface area contributed by atoms with Gasteiger partial charge in [0.25, 0.3) is 5.82 Å². The summed E-state index contributed by atoms with van der Waals surface area (Å²) in [5, 5.41) is 0. The Hall–Kier alpha value is -3.07. The number of aromatic amines is 1. The standard InChI is InChI=1S/C22H20N2O/c1-17-9-5-6-10-18(17)15-24-21-14-8-7-13-20(21)23-22(24)16-25-19-11-3-2-4-12-19/h2-14H,15-16H2,1H3/p+1. The Morgan fingerprint density at radius 1 is 0.840 bits per heavy atom. The van der Waals surface area contributed by atoms with Gasteiger partial charge in [-0.05, 0) is 42.3 Å². The summed E-state index contributed by atoms with van der Waals surface area (Å²) in [7, 11) is 0. The van der Waals surface area contributed by atoms with Crippen molar-refractivity contribution < 1.29 is 9.30 Å². The summed E-state index contributed by atoms with van der Waals surface area (Å²) in [6.07, 6.45) is 0. The molecule has 0 aliphatic heterocycles. The van der Waals surface area contributed by atoms with E-state index in [1.807, 2.05) is 30.3 Å². The smallest absolute Gasteiger partial charge is 0.294 e. The van der Waals surface area contributed by atoms with Crippen molar-refractivity contribution in [3.8, 4) is 5.75 Å². The largest absolute Gasteiger partial charge is 0.481 e. The highest BCUT2D eigenvalue weighted by molar-refractivity contribution is 5.71. The van der Waals surface area contributed by atoms with Crippen LogP contribution in [0.1, 0.15) is 17.0 Å². The van der Waals surface area contributed by atoms with Crippen LogP contribution in [0, 0.1) is 6.92 Å². The van der Waals surface area contributed by atoms with Crippen molar-refractivity contribution in [2.75, 3.05) is 0 Å².